The van der Waals surface area contributed by atoms with E-state index in [0.717, 1.165) is 39.0 Å². The molecular weight excluding hydrogens is 240 g/mol. The predicted octanol–water partition coefficient (Wildman–Crippen LogP) is 1.48. The van der Waals surface area contributed by atoms with E-state index < -0.39 is 0 Å². The second-order valence-corrected chi connectivity index (χ2v) is 6.05. The molecule has 0 saturated carbocycles. The molecule has 1 N–H and O–H groups in total. The first-order valence-electron chi connectivity index (χ1n) is 7.90. The summed E-state index contributed by atoms with van der Waals surface area (Å²) in [6.45, 7) is 4.71. The van der Waals surface area contributed by atoms with Crippen LogP contribution >= 0.6 is 0 Å². The van der Waals surface area contributed by atoms with Gasteiger partial charge in [-0.25, -0.2) is 0 Å². The third-order valence-corrected chi connectivity index (χ3v) is 4.53. The molecule has 0 unspecified atom stereocenters. The number of hydrogen-bond donors (Lipinski definition) is 1. The largest absolute Gasteiger partial charge is 0.396 e. The number of carbonyl (C=O) groups excluding carboxylic acids is 1. The average Bonchev–Trinajstić information content (AvgIpc) is 2.39. The average molecular weight is 268 g/mol. The number of rotatable bonds is 3. The third-order valence-electron chi connectivity index (χ3n) is 4.53. The maximum absolute atomic E-state index is 12.3. The van der Waals surface area contributed by atoms with Crippen LogP contribution in [0.25, 0.3) is 0 Å². The van der Waals surface area contributed by atoms with E-state index in [1.165, 1.54) is 32.1 Å². The zero-order chi connectivity index (χ0) is 13.5. The molecule has 2 fully saturated rings. The molecule has 110 valence electrons. The molecule has 19 heavy (non-hydrogen) atoms. The number of aliphatic hydroxyl groups excluding tert-OH is 1. The lowest BCUT2D eigenvalue weighted by molar-refractivity contribution is -0.133. The van der Waals surface area contributed by atoms with E-state index in [1.807, 2.05) is 0 Å². The molecule has 0 aromatic heterocycles. The summed E-state index contributed by atoms with van der Waals surface area (Å²) in [5.41, 5.74) is 0. The van der Waals surface area contributed by atoms with E-state index in [9.17, 15) is 4.79 Å². The molecule has 2 aliphatic rings. The smallest absolute Gasteiger partial charge is 0.236 e. The monoisotopic (exact) mass is 268 g/mol. The van der Waals surface area contributed by atoms with Gasteiger partial charge >= 0.3 is 0 Å². The van der Waals surface area contributed by atoms with E-state index in [1.54, 1.807) is 0 Å². The Hall–Kier alpha value is -0.610. The Morgan fingerprint density at radius 3 is 2.11 bits per heavy atom. The van der Waals surface area contributed by atoms with Crippen LogP contribution in [0.2, 0.25) is 0 Å². The first kappa shape index (κ1) is 14.8. The van der Waals surface area contributed by atoms with Gasteiger partial charge in [0, 0.05) is 19.7 Å². The maximum Gasteiger partial charge on any atom is 0.236 e. The number of amides is 1. The number of likely N-dealkylation sites (tertiary alicyclic amines) is 2. The first-order chi connectivity index (χ1) is 9.29. The molecule has 2 saturated heterocycles. The van der Waals surface area contributed by atoms with Crippen LogP contribution in [0, 0.1) is 5.92 Å². The molecule has 0 aliphatic carbocycles. The molecule has 0 atom stereocenters. The molecule has 0 bridgehead atoms. The summed E-state index contributed by atoms with van der Waals surface area (Å²) in [4.78, 5) is 16.6. The van der Waals surface area contributed by atoms with Gasteiger partial charge in [0.05, 0.1) is 6.54 Å². The molecule has 2 rings (SSSR count). The van der Waals surface area contributed by atoms with Crippen molar-refractivity contribution in [1.82, 2.24) is 9.80 Å². The van der Waals surface area contributed by atoms with Crippen molar-refractivity contribution in [2.45, 2.75) is 44.9 Å². The quantitative estimate of drug-likeness (QED) is 0.843. The molecule has 0 aromatic rings. The number of nitrogens with zero attached hydrogens (tertiary/aromatic N) is 2. The van der Waals surface area contributed by atoms with Crippen LogP contribution in [-0.2, 0) is 4.79 Å². The van der Waals surface area contributed by atoms with Crippen molar-refractivity contribution in [3.63, 3.8) is 0 Å². The van der Waals surface area contributed by atoms with Crippen LogP contribution in [0.3, 0.4) is 0 Å². The Kier molecular flexibility index (Phi) is 6.11. The van der Waals surface area contributed by atoms with Crippen molar-refractivity contribution >= 4 is 5.91 Å². The van der Waals surface area contributed by atoms with Gasteiger partial charge in [-0.3, -0.25) is 9.69 Å². The van der Waals surface area contributed by atoms with Gasteiger partial charge < -0.3 is 10.0 Å². The lowest BCUT2D eigenvalue weighted by atomic mass is 9.98. The second-order valence-electron chi connectivity index (χ2n) is 6.05. The van der Waals surface area contributed by atoms with Gasteiger partial charge in [0.1, 0.15) is 0 Å². The minimum absolute atomic E-state index is 0.300. The van der Waals surface area contributed by atoms with Crippen LogP contribution in [0.4, 0.5) is 0 Å². The Labute approximate surface area is 116 Å². The second kappa shape index (κ2) is 7.85. The summed E-state index contributed by atoms with van der Waals surface area (Å²) in [6.07, 6.45) is 8.26. The van der Waals surface area contributed by atoms with Crippen molar-refractivity contribution in [1.29, 1.82) is 0 Å². The molecular formula is C15H28N2O2. The van der Waals surface area contributed by atoms with Gasteiger partial charge in [-0.2, -0.15) is 0 Å². The molecule has 2 aliphatic heterocycles. The van der Waals surface area contributed by atoms with Crippen LogP contribution < -0.4 is 0 Å². The van der Waals surface area contributed by atoms with E-state index in [-0.39, 0.29) is 0 Å². The van der Waals surface area contributed by atoms with E-state index in [2.05, 4.69) is 9.80 Å². The number of hydrogen-bond acceptors (Lipinski definition) is 3. The normalized spacial score (nSPS) is 23.9. The SMILES string of the molecule is O=C(CN1CCC(CO)CC1)N1CCCCCCC1. The van der Waals surface area contributed by atoms with Crippen molar-refractivity contribution in [2.24, 2.45) is 5.92 Å². The molecule has 4 nitrogen and oxygen atoms in total. The van der Waals surface area contributed by atoms with Crippen molar-refractivity contribution in [3.8, 4) is 0 Å². The number of aliphatic hydroxyl groups is 1. The standard InChI is InChI=1S/C15H28N2O2/c18-13-14-6-10-16(11-7-14)12-15(19)17-8-4-2-1-3-5-9-17/h14,18H,1-13H2. The summed E-state index contributed by atoms with van der Waals surface area (Å²) in [5, 5.41) is 9.13. The van der Waals surface area contributed by atoms with Gasteiger partial charge in [0.2, 0.25) is 5.91 Å². The molecule has 4 heteroatoms. The van der Waals surface area contributed by atoms with Crippen molar-refractivity contribution < 1.29 is 9.90 Å². The zero-order valence-corrected chi connectivity index (χ0v) is 12.0. The van der Waals surface area contributed by atoms with Gasteiger partial charge in [-0.15, -0.1) is 0 Å². The molecule has 0 radical (unpaired) electrons. The van der Waals surface area contributed by atoms with E-state index >= 15 is 0 Å². The fourth-order valence-electron chi connectivity index (χ4n) is 3.12. The summed E-state index contributed by atoms with van der Waals surface area (Å²) in [6, 6.07) is 0. The van der Waals surface area contributed by atoms with Gasteiger partial charge in [0.15, 0.2) is 0 Å². The molecule has 0 spiro atoms. The van der Waals surface area contributed by atoms with Crippen LogP contribution in [0.5, 0.6) is 0 Å². The van der Waals surface area contributed by atoms with Gasteiger partial charge in [-0.1, -0.05) is 19.3 Å². The molecule has 0 aromatic carbocycles. The van der Waals surface area contributed by atoms with Crippen molar-refractivity contribution in [2.75, 3.05) is 39.3 Å². The fourth-order valence-corrected chi connectivity index (χ4v) is 3.12. The van der Waals surface area contributed by atoms with Crippen molar-refractivity contribution in [3.05, 3.63) is 0 Å². The summed E-state index contributed by atoms with van der Waals surface area (Å²) in [5.74, 6) is 0.761. The van der Waals surface area contributed by atoms with E-state index in [0.29, 0.717) is 25.0 Å². The highest BCUT2D eigenvalue weighted by molar-refractivity contribution is 5.78. The van der Waals surface area contributed by atoms with Crippen LogP contribution in [0.15, 0.2) is 0 Å². The molecule has 1 amide bonds. The minimum Gasteiger partial charge on any atom is -0.396 e. The highest BCUT2D eigenvalue weighted by atomic mass is 16.3. The molecule has 2 heterocycles. The maximum atomic E-state index is 12.3. The summed E-state index contributed by atoms with van der Waals surface area (Å²) < 4.78 is 0. The highest BCUT2D eigenvalue weighted by Crippen LogP contribution is 2.17. The summed E-state index contributed by atoms with van der Waals surface area (Å²) >= 11 is 0. The first-order valence-corrected chi connectivity index (χ1v) is 7.90. The van der Waals surface area contributed by atoms with E-state index in [4.69, 9.17) is 5.11 Å². The Morgan fingerprint density at radius 1 is 0.947 bits per heavy atom. The Balaban J connectivity index is 1.73. The highest BCUT2D eigenvalue weighted by Gasteiger charge is 2.22. The Bertz CT molecular complexity index is 267. The van der Waals surface area contributed by atoms with Crippen LogP contribution in [-0.4, -0.2) is 60.1 Å². The summed E-state index contributed by atoms with van der Waals surface area (Å²) in [7, 11) is 0. The zero-order valence-electron chi connectivity index (χ0n) is 12.0. The predicted molar refractivity (Wildman–Crippen MR) is 75.9 cm³/mol. The van der Waals surface area contributed by atoms with Gasteiger partial charge in [-0.05, 0) is 44.7 Å². The third kappa shape index (κ3) is 4.77. The lowest BCUT2D eigenvalue weighted by Gasteiger charge is -2.33. The number of piperidine rings is 1. The fraction of sp³-hybridized carbons (Fsp3) is 0.933. The lowest BCUT2D eigenvalue weighted by Crippen LogP contribution is -2.44. The number of carbonyl (C=O) groups is 1. The topological polar surface area (TPSA) is 43.8 Å². The van der Waals surface area contributed by atoms with Gasteiger partial charge in [0.25, 0.3) is 0 Å². The minimum atomic E-state index is 0.300. The van der Waals surface area contributed by atoms with Crippen LogP contribution in [0.1, 0.15) is 44.9 Å². The Morgan fingerprint density at radius 2 is 1.53 bits per heavy atom.